The Morgan fingerprint density at radius 3 is 3.00 bits per heavy atom. The molecule has 1 unspecified atom stereocenters. The number of aliphatic hydroxyl groups is 1. The summed E-state index contributed by atoms with van der Waals surface area (Å²) in [5, 5.41) is 13.7. The molecule has 1 atom stereocenters. The maximum atomic E-state index is 9.54. The fourth-order valence-corrected chi connectivity index (χ4v) is 2.47. The molecule has 0 aliphatic heterocycles. The second-order valence-electron chi connectivity index (χ2n) is 3.62. The van der Waals surface area contributed by atoms with Crippen molar-refractivity contribution in [1.29, 1.82) is 0 Å². The third-order valence-electron chi connectivity index (χ3n) is 2.54. The standard InChI is InChI=1S/C10H13BrN2O/c1-13-10(9(11)6-12-13)7-3-2-4-8(14)5-7/h5-6,8,14H,2-4H2,1H3. The van der Waals surface area contributed by atoms with Crippen LogP contribution in [0.15, 0.2) is 16.7 Å². The molecule has 1 aliphatic rings. The minimum Gasteiger partial charge on any atom is -0.389 e. The van der Waals surface area contributed by atoms with E-state index < -0.39 is 0 Å². The van der Waals surface area contributed by atoms with Crippen LogP contribution in [0.25, 0.3) is 5.57 Å². The lowest BCUT2D eigenvalue weighted by Gasteiger charge is -2.17. The highest BCUT2D eigenvalue weighted by Gasteiger charge is 2.17. The fraction of sp³-hybridized carbons (Fsp3) is 0.500. The van der Waals surface area contributed by atoms with Gasteiger partial charge in [-0.25, -0.2) is 0 Å². The van der Waals surface area contributed by atoms with Crippen LogP contribution in [0, 0.1) is 0 Å². The van der Waals surface area contributed by atoms with Gasteiger partial charge in [0.15, 0.2) is 0 Å². The predicted octanol–water partition coefficient (Wildman–Crippen LogP) is 2.11. The molecule has 1 aromatic rings. The lowest BCUT2D eigenvalue weighted by Crippen LogP contribution is -2.10. The molecule has 1 N–H and O–H groups in total. The molecule has 2 rings (SSSR count). The van der Waals surface area contributed by atoms with Crippen molar-refractivity contribution in [1.82, 2.24) is 9.78 Å². The predicted molar refractivity (Wildman–Crippen MR) is 58.7 cm³/mol. The Labute approximate surface area is 91.6 Å². The van der Waals surface area contributed by atoms with Crippen LogP contribution in [0.3, 0.4) is 0 Å². The molecule has 0 saturated heterocycles. The minimum atomic E-state index is -0.291. The molecule has 76 valence electrons. The van der Waals surface area contributed by atoms with Crippen molar-refractivity contribution < 1.29 is 5.11 Å². The van der Waals surface area contributed by atoms with Gasteiger partial charge in [-0.05, 0) is 40.8 Å². The van der Waals surface area contributed by atoms with Crippen LogP contribution in [0.5, 0.6) is 0 Å². The number of hydrogen-bond acceptors (Lipinski definition) is 2. The van der Waals surface area contributed by atoms with Crippen molar-refractivity contribution in [3.05, 3.63) is 22.4 Å². The van der Waals surface area contributed by atoms with E-state index >= 15 is 0 Å². The van der Waals surface area contributed by atoms with E-state index in [0.717, 1.165) is 29.4 Å². The summed E-state index contributed by atoms with van der Waals surface area (Å²) in [6.45, 7) is 0. The molecule has 0 bridgehead atoms. The minimum absolute atomic E-state index is 0.291. The Hall–Kier alpha value is -0.610. The second kappa shape index (κ2) is 3.87. The summed E-state index contributed by atoms with van der Waals surface area (Å²) in [5.41, 5.74) is 2.28. The van der Waals surface area contributed by atoms with E-state index in [0.29, 0.717) is 0 Å². The third-order valence-corrected chi connectivity index (χ3v) is 3.12. The van der Waals surface area contributed by atoms with Crippen LogP contribution in [-0.4, -0.2) is 21.0 Å². The summed E-state index contributed by atoms with van der Waals surface area (Å²) < 4.78 is 2.84. The molecular formula is C10H13BrN2O. The van der Waals surface area contributed by atoms with E-state index in [1.807, 2.05) is 17.8 Å². The van der Waals surface area contributed by atoms with Gasteiger partial charge in [-0.2, -0.15) is 5.10 Å². The second-order valence-corrected chi connectivity index (χ2v) is 4.47. The zero-order valence-corrected chi connectivity index (χ0v) is 9.66. The van der Waals surface area contributed by atoms with Crippen molar-refractivity contribution in [2.24, 2.45) is 7.05 Å². The van der Waals surface area contributed by atoms with E-state index in [2.05, 4.69) is 21.0 Å². The van der Waals surface area contributed by atoms with Gasteiger partial charge >= 0.3 is 0 Å². The maximum Gasteiger partial charge on any atom is 0.0778 e. The zero-order chi connectivity index (χ0) is 10.1. The number of hydrogen-bond donors (Lipinski definition) is 1. The summed E-state index contributed by atoms with van der Waals surface area (Å²) in [6, 6.07) is 0. The van der Waals surface area contributed by atoms with Crippen LogP contribution in [0.2, 0.25) is 0 Å². The Kier molecular flexibility index (Phi) is 2.74. The fourth-order valence-electron chi connectivity index (χ4n) is 1.87. The highest BCUT2D eigenvalue weighted by Crippen LogP contribution is 2.31. The van der Waals surface area contributed by atoms with Crippen LogP contribution in [0.1, 0.15) is 25.0 Å². The maximum absolute atomic E-state index is 9.54. The molecule has 1 heterocycles. The molecule has 0 spiro atoms. The van der Waals surface area contributed by atoms with Gasteiger partial charge in [0.1, 0.15) is 0 Å². The monoisotopic (exact) mass is 256 g/mol. The van der Waals surface area contributed by atoms with E-state index in [1.165, 1.54) is 5.57 Å². The third kappa shape index (κ3) is 1.77. The lowest BCUT2D eigenvalue weighted by atomic mass is 9.95. The summed E-state index contributed by atoms with van der Waals surface area (Å²) >= 11 is 3.47. The first kappa shape index (κ1) is 9.93. The van der Waals surface area contributed by atoms with E-state index in [4.69, 9.17) is 0 Å². The molecule has 0 amide bonds. The number of rotatable bonds is 1. The number of aromatic nitrogens is 2. The van der Waals surface area contributed by atoms with E-state index in [-0.39, 0.29) is 6.10 Å². The highest BCUT2D eigenvalue weighted by molar-refractivity contribution is 9.10. The van der Waals surface area contributed by atoms with Crippen molar-refractivity contribution in [3.63, 3.8) is 0 Å². The molecule has 4 heteroatoms. The van der Waals surface area contributed by atoms with Gasteiger partial charge in [0.05, 0.1) is 22.5 Å². The first-order valence-electron chi connectivity index (χ1n) is 4.75. The van der Waals surface area contributed by atoms with Crippen LogP contribution >= 0.6 is 15.9 Å². The number of aryl methyl sites for hydroxylation is 1. The van der Waals surface area contributed by atoms with Crippen molar-refractivity contribution in [3.8, 4) is 0 Å². The Balaban J connectivity index is 2.39. The molecular weight excluding hydrogens is 244 g/mol. The number of halogens is 1. The molecule has 3 nitrogen and oxygen atoms in total. The van der Waals surface area contributed by atoms with Crippen LogP contribution in [-0.2, 0) is 7.05 Å². The summed E-state index contributed by atoms with van der Waals surface area (Å²) in [6.07, 6.45) is 6.38. The Bertz CT molecular complexity index is 351. The van der Waals surface area contributed by atoms with E-state index in [1.54, 1.807) is 6.20 Å². The van der Waals surface area contributed by atoms with Crippen LogP contribution in [0.4, 0.5) is 0 Å². The zero-order valence-electron chi connectivity index (χ0n) is 8.07. The van der Waals surface area contributed by atoms with Gasteiger partial charge in [-0.3, -0.25) is 4.68 Å². The normalized spacial score (nSPS) is 22.2. The SMILES string of the molecule is Cn1ncc(Br)c1C1=CC(O)CCC1. The number of nitrogens with zero attached hydrogens (tertiary/aromatic N) is 2. The summed E-state index contributed by atoms with van der Waals surface area (Å²) in [5.74, 6) is 0. The average molecular weight is 257 g/mol. The molecule has 14 heavy (non-hydrogen) atoms. The van der Waals surface area contributed by atoms with Crippen molar-refractivity contribution in [2.45, 2.75) is 25.4 Å². The van der Waals surface area contributed by atoms with Crippen molar-refractivity contribution >= 4 is 21.5 Å². The van der Waals surface area contributed by atoms with Gasteiger partial charge in [-0.15, -0.1) is 0 Å². The number of allylic oxidation sites excluding steroid dienone is 1. The van der Waals surface area contributed by atoms with Gasteiger partial charge in [0, 0.05) is 7.05 Å². The first-order valence-corrected chi connectivity index (χ1v) is 5.54. The largest absolute Gasteiger partial charge is 0.389 e. The van der Waals surface area contributed by atoms with Crippen molar-refractivity contribution in [2.75, 3.05) is 0 Å². The molecule has 0 fully saturated rings. The highest BCUT2D eigenvalue weighted by atomic mass is 79.9. The summed E-state index contributed by atoms with van der Waals surface area (Å²) in [7, 11) is 1.92. The molecule has 0 saturated carbocycles. The number of aliphatic hydroxyl groups excluding tert-OH is 1. The Morgan fingerprint density at radius 2 is 2.43 bits per heavy atom. The Morgan fingerprint density at radius 1 is 1.64 bits per heavy atom. The lowest BCUT2D eigenvalue weighted by molar-refractivity contribution is 0.206. The first-order chi connectivity index (χ1) is 6.68. The molecule has 0 aromatic carbocycles. The molecule has 0 radical (unpaired) electrons. The van der Waals surface area contributed by atoms with Gasteiger partial charge in [-0.1, -0.05) is 6.08 Å². The van der Waals surface area contributed by atoms with Gasteiger partial charge < -0.3 is 5.11 Å². The average Bonchev–Trinajstić information content (AvgIpc) is 2.46. The topological polar surface area (TPSA) is 38.0 Å². The van der Waals surface area contributed by atoms with Crippen LogP contribution < -0.4 is 0 Å². The van der Waals surface area contributed by atoms with Gasteiger partial charge in [0.2, 0.25) is 0 Å². The smallest absolute Gasteiger partial charge is 0.0778 e. The summed E-state index contributed by atoms with van der Waals surface area (Å²) in [4.78, 5) is 0. The quantitative estimate of drug-likeness (QED) is 0.836. The molecule has 1 aliphatic carbocycles. The van der Waals surface area contributed by atoms with E-state index in [9.17, 15) is 5.11 Å². The van der Waals surface area contributed by atoms with Gasteiger partial charge in [0.25, 0.3) is 0 Å². The molecule has 1 aromatic heterocycles.